The van der Waals surface area contributed by atoms with E-state index in [4.69, 9.17) is 21.7 Å². The van der Waals surface area contributed by atoms with Gasteiger partial charge in [0.25, 0.3) is 0 Å². The molecule has 1 aliphatic heterocycles. The second-order valence-corrected chi connectivity index (χ2v) is 8.68. The van der Waals surface area contributed by atoms with E-state index in [1.807, 2.05) is 73.7 Å². The van der Waals surface area contributed by atoms with E-state index in [1.165, 1.54) is 17.5 Å². The third kappa shape index (κ3) is 5.60. The summed E-state index contributed by atoms with van der Waals surface area (Å²) >= 11 is 5.44. The topological polar surface area (TPSA) is 75.2 Å². The lowest BCUT2D eigenvalue weighted by atomic mass is 9.98. The summed E-state index contributed by atoms with van der Waals surface area (Å²) in [5.74, 6) is 1.15. The molecule has 3 aromatic rings. The van der Waals surface area contributed by atoms with E-state index in [-0.39, 0.29) is 11.9 Å². The summed E-state index contributed by atoms with van der Waals surface area (Å²) in [6.07, 6.45) is 0.592. The molecule has 0 bridgehead atoms. The van der Waals surface area contributed by atoms with E-state index < -0.39 is 0 Å². The normalized spacial score (nSPS) is 14.8. The van der Waals surface area contributed by atoms with Crippen molar-refractivity contribution in [3.63, 3.8) is 0 Å². The van der Waals surface area contributed by atoms with Crippen LogP contribution in [-0.2, 0) is 4.79 Å². The van der Waals surface area contributed by atoms with Crippen molar-refractivity contribution in [1.29, 1.82) is 0 Å². The van der Waals surface area contributed by atoms with Gasteiger partial charge in [0.1, 0.15) is 0 Å². The minimum absolute atomic E-state index is 0.115. The minimum Gasteiger partial charge on any atom is -0.493 e. The average molecular weight is 489 g/mol. The van der Waals surface area contributed by atoms with Crippen LogP contribution in [0.4, 0.5) is 11.4 Å². The molecule has 1 amide bonds. The highest BCUT2D eigenvalue weighted by molar-refractivity contribution is 7.80. The number of rotatable bonds is 6. The number of nitrogens with zero attached hydrogens (tertiary/aromatic N) is 2. The number of nitrogens with one attached hydrogen (secondary N) is 2. The number of aryl methyl sites for hydroxylation is 1. The molecule has 0 saturated heterocycles. The van der Waals surface area contributed by atoms with Crippen LogP contribution >= 0.6 is 12.2 Å². The maximum atomic E-state index is 12.4. The number of carbonyl (C=O) groups is 1. The zero-order valence-electron chi connectivity index (χ0n) is 20.2. The zero-order valence-corrected chi connectivity index (χ0v) is 21.0. The molecular weight excluding hydrogens is 460 g/mol. The Balaban J connectivity index is 1.47. The van der Waals surface area contributed by atoms with Crippen molar-refractivity contribution < 1.29 is 14.3 Å². The van der Waals surface area contributed by atoms with Crippen LogP contribution in [-0.4, -0.2) is 36.0 Å². The summed E-state index contributed by atoms with van der Waals surface area (Å²) in [5.41, 5.74) is 5.66. The minimum atomic E-state index is -0.192. The molecule has 3 aromatic carbocycles. The van der Waals surface area contributed by atoms with Crippen LogP contribution in [0.3, 0.4) is 0 Å². The Morgan fingerprint density at radius 1 is 0.943 bits per heavy atom. The fraction of sp³-hybridized carbons (Fsp3) is 0.222. The Morgan fingerprint density at radius 3 is 2.11 bits per heavy atom. The van der Waals surface area contributed by atoms with E-state index in [0.717, 1.165) is 28.2 Å². The highest BCUT2D eigenvalue weighted by Crippen LogP contribution is 2.35. The Kier molecular flexibility index (Phi) is 7.31. The van der Waals surface area contributed by atoms with E-state index in [2.05, 4.69) is 15.7 Å². The second kappa shape index (κ2) is 10.6. The van der Waals surface area contributed by atoms with Gasteiger partial charge >= 0.3 is 0 Å². The van der Waals surface area contributed by atoms with Gasteiger partial charge in [-0.05, 0) is 67.2 Å². The maximum absolute atomic E-state index is 12.4. The van der Waals surface area contributed by atoms with Crippen molar-refractivity contribution in [2.24, 2.45) is 5.10 Å². The lowest BCUT2D eigenvalue weighted by Gasteiger charge is -2.21. The molecule has 0 saturated carbocycles. The van der Waals surface area contributed by atoms with Gasteiger partial charge in [0.2, 0.25) is 5.91 Å². The zero-order chi connectivity index (χ0) is 24.9. The third-order valence-electron chi connectivity index (χ3n) is 5.81. The molecule has 0 aliphatic carbocycles. The fourth-order valence-corrected chi connectivity index (χ4v) is 4.21. The van der Waals surface area contributed by atoms with Crippen LogP contribution in [0.1, 0.15) is 36.1 Å². The van der Waals surface area contributed by atoms with Crippen molar-refractivity contribution in [2.45, 2.75) is 26.3 Å². The summed E-state index contributed by atoms with van der Waals surface area (Å²) in [7, 11) is 3.20. The number of hydrazone groups is 1. The first-order valence-electron chi connectivity index (χ1n) is 11.2. The molecule has 1 unspecified atom stereocenters. The van der Waals surface area contributed by atoms with Crippen molar-refractivity contribution >= 4 is 40.3 Å². The number of anilines is 2. The molecule has 0 radical (unpaired) electrons. The average Bonchev–Trinajstić information content (AvgIpc) is 3.31. The maximum Gasteiger partial charge on any atom is 0.240 e. The predicted molar refractivity (Wildman–Crippen MR) is 143 cm³/mol. The summed E-state index contributed by atoms with van der Waals surface area (Å²) in [4.78, 5) is 12.4. The third-order valence-corrected chi connectivity index (χ3v) is 6.02. The van der Waals surface area contributed by atoms with E-state index in [9.17, 15) is 4.79 Å². The first kappa shape index (κ1) is 24.2. The molecule has 4 rings (SSSR count). The van der Waals surface area contributed by atoms with Gasteiger partial charge in [-0.3, -0.25) is 4.79 Å². The molecule has 35 heavy (non-hydrogen) atoms. The lowest BCUT2D eigenvalue weighted by Crippen LogP contribution is -2.24. The molecule has 0 aromatic heterocycles. The summed E-state index contributed by atoms with van der Waals surface area (Å²) < 4.78 is 10.8. The number of hydrogen-bond acceptors (Lipinski definition) is 5. The van der Waals surface area contributed by atoms with Gasteiger partial charge in [-0.15, -0.1) is 0 Å². The van der Waals surface area contributed by atoms with E-state index >= 15 is 0 Å². The quantitative estimate of drug-likeness (QED) is 0.445. The van der Waals surface area contributed by atoms with Gasteiger partial charge < -0.3 is 20.1 Å². The van der Waals surface area contributed by atoms with Crippen molar-refractivity contribution in [3.05, 3.63) is 83.4 Å². The second-order valence-electron chi connectivity index (χ2n) is 8.27. The van der Waals surface area contributed by atoms with Crippen LogP contribution in [0.15, 0.2) is 71.8 Å². The lowest BCUT2D eigenvalue weighted by molar-refractivity contribution is -0.130. The first-order valence-corrected chi connectivity index (χ1v) is 11.6. The van der Waals surface area contributed by atoms with Crippen LogP contribution in [0.25, 0.3) is 0 Å². The van der Waals surface area contributed by atoms with Gasteiger partial charge in [-0.25, -0.2) is 5.01 Å². The van der Waals surface area contributed by atoms with E-state index in [1.54, 1.807) is 14.2 Å². The highest BCUT2D eigenvalue weighted by atomic mass is 32.1. The van der Waals surface area contributed by atoms with Crippen LogP contribution in [0, 0.1) is 6.92 Å². The fourth-order valence-electron chi connectivity index (χ4n) is 3.97. The Hall–Kier alpha value is -3.91. The molecule has 0 fully saturated rings. The molecular formula is C27H28N4O3S. The number of carbonyl (C=O) groups excluding carboxylic acids is 1. The number of thiocarbonyl (C=S) groups is 1. The van der Waals surface area contributed by atoms with E-state index in [0.29, 0.717) is 23.0 Å². The number of methoxy groups -OCH3 is 2. The van der Waals surface area contributed by atoms with Crippen LogP contribution in [0.2, 0.25) is 0 Å². The molecule has 1 atom stereocenters. The van der Waals surface area contributed by atoms with Crippen LogP contribution < -0.4 is 20.1 Å². The first-order chi connectivity index (χ1) is 16.9. The Bertz CT molecular complexity index is 1260. The Morgan fingerprint density at radius 2 is 1.54 bits per heavy atom. The largest absolute Gasteiger partial charge is 0.493 e. The summed E-state index contributed by atoms with van der Waals surface area (Å²) in [5, 5.41) is 13.1. The van der Waals surface area contributed by atoms with Gasteiger partial charge in [0, 0.05) is 30.3 Å². The molecule has 180 valence electrons. The number of amides is 1. The van der Waals surface area contributed by atoms with Gasteiger partial charge in [0.05, 0.1) is 26.0 Å². The van der Waals surface area contributed by atoms with Crippen molar-refractivity contribution in [2.75, 3.05) is 24.9 Å². The van der Waals surface area contributed by atoms with Crippen molar-refractivity contribution in [1.82, 2.24) is 5.01 Å². The number of ether oxygens (including phenoxy) is 2. The molecule has 0 spiro atoms. The summed E-state index contributed by atoms with van der Waals surface area (Å²) in [6.45, 7) is 3.57. The monoisotopic (exact) mass is 488 g/mol. The summed E-state index contributed by atoms with van der Waals surface area (Å²) in [6, 6.07) is 21.4. The molecule has 7 nitrogen and oxygen atoms in total. The number of hydrogen-bond donors (Lipinski definition) is 2. The highest BCUT2D eigenvalue weighted by Gasteiger charge is 2.31. The van der Waals surface area contributed by atoms with Crippen molar-refractivity contribution in [3.8, 4) is 11.5 Å². The van der Waals surface area contributed by atoms with Gasteiger partial charge in [-0.1, -0.05) is 29.8 Å². The number of benzene rings is 3. The molecule has 8 heteroatoms. The molecule has 1 heterocycles. The SMILES string of the molecule is COc1ccc(C2=NN(C(C)=O)C(c3ccc(NC(=S)Nc4ccc(C)cc4)cc3)C2)cc1OC. The van der Waals surface area contributed by atoms with Gasteiger partial charge in [0.15, 0.2) is 16.6 Å². The van der Waals surface area contributed by atoms with Crippen LogP contribution in [0.5, 0.6) is 11.5 Å². The Labute approximate surface area is 210 Å². The molecule has 1 aliphatic rings. The standard InChI is InChI=1S/C27H28N4O3S/c1-17-5-10-21(11-6-17)28-27(35)29-22-12-7-19(8-13-22)24-16-23(30-31(24)18(2)32)20-9-14-25(33-3)26(15-20)34-4/h5-15,24H,16H2,1-4H3,(H2,28,29,35). The predicted octanol–water partition coefficient (Wildman–Crippen LogP) is 5.52. The molecule has 2 N–H and O–H groups in total. The van der Waals surface area contributed by atoms with Gasteiger partial charge in [-0.2, -0.15) is 5.10 Å². The smallest absolute Gasteiger partial charge is 0.240 e.